The molecule has 0 atom stereocenters. The zero-order chi connectivity index (χ0) is 18.8. The summed E-state index contributed by atoms with van der Waals surface area (Å²) in [7, 11) is 0. The largest absolute Gasteiger partial charge is 0.466 e. The Balaban J connectivity index is 2.07. The lowest BCUT2D eigenvalue weighted by atomic mass is 10.1. The molecule has 0 aliphatic rings. The molecule has 0 radical (unpaired) electrons. The molecule has 0 saturated carbocycles. The van der Waals surface area contributed by atoms with E-state index in [-0.39, 0.29) is 18.3 Å². The number of hydrogen-bond donors (Lipinski definition) is 0. The second-order valence-corrected chi connectivity index (χ2v) is 6.04. The fourth-order valence-electron chi connectivity index (χ4n) is 2.48. The predicted octanol–water partition coefficient (Wildman–Crippen LogP) is 3.99. The van der Waals surface area contributed by atoms with Crippen LogP contribution in [0.3, 0.4) is 0 Å². The molecule has 0 saturated heterocycles. The average molecular weight is 351 g/mol. The first-order valence-corrected chi connectivity index (χ1v) is 8.81. The Hall–Kier alpha value is -2.88. The van der Waals surface area contributed by atoms with Crippen molar-refractivity contribution in [3.05, 3.63) is 77.4 Å². The van der Waals surface area contributed by atoms with Gasteiger partial charge in [0.05, 0.1) is 13.0 Å². The minimum Gasteiger partial charge on any atom is -0.466 e. The molecular weight excluding hydrogens is 326 g/mol. The normalized spacial score (nSPS) is 10.7. The Morgan fingerprint density at radius 3 is 2.38 bits per heavy atom. The van der Waals surface area contributed by atoms with Crippen molar-refractivity contribution >= 4 is 18.0 Å². The lowest BCUT2D eigenvalue weighted by Crippen LogP contribution is -2.31. The molecule has 0 aliphatic carbocycles. The fourth-order valence-corrected chi connectivity index (χ4v) is 2.48. The first-order chi connectivity index (χ1) is 12.6. The number of carbonyl (C=O) groups excluding carboxylic acids is 2. The molecule has 4 nitrogen and oxygen atoms in total. The highest BCUT2D eigenvalue weighted by Crippen LogP contribution is 2.10. The van der Waals surface area contributed by atoms with Gasteiger partial charge in [0.25, 0.3) is 0 Å². The van der Waals surface area contributed by atoms with Gasteiger partial charge in [0.15, 0.2) is 0 Å². The van der Waals surface area contributed by atoms with E-state index in [4.69, 9.17) is 4.74 Å². The highest BCUT2D eigenvalue weighted by Gasteiger charge is 2.14. The standard InChI is InChI=1S/C22H25NO3/c1-3-26-22(25)15-16-23(17-20-11-9-18(2)10-12-20)21(24)14-13-19-7-5-4-6-8-19/h4-14H,3,15-17H2,1-2H3/b14-13+. The Morgan fingerprint density at radius 1 is 1.04 bits per heavy atom. The van der Waals surface area contributed by atoms with Crippen LogP contribution in [0, 0.1) is 6.92 Å². The van der Waals surface area contributed by atoms with E-state index in [1.807, 2.05) is 61.5 Å². The summed E-state index contributed by atoms with van der Waals surface area (Å²) in [5, 5.41) is 0. The van der Waals surface area contributed by atoms with Crippen LogP contribution in [0.1, 0.15) is 30.0 Å². The Morgan fingerprint density at radius 2 is 1.73 bits per heavy atom. The second kappa shape index (κ2) is 10.2. The van der Waals surface area contributed by atoms with E-state index >= 15 is 0 Å². The van der Waals surface area contributed by atoms with Crippen molar-refractivity contribution in [1.29, 1.82) is 0 Å². The first-order valence-electron chi connectivity index (χ1n) is 8.81. The molecule has 0 bridgehead atoms. The molecule has 2 aromatic carbocycles. The lowest BCUT2D eigenvalue weighted by molar-refractivity contribution is -0.143. The van der Waals surface area contributed by atoms with Crippen molar-refractivity contribution in [1.82, 2.24) is 4.90 Å². The third kappa shape index (κ3) is 6.55. The maximum absolute atomic E-state index is 12.6. The Kier molecular flexibility index (Phi) is 7.62. The smallest absolute Gasteiger partial charge is 0.307 e. The average Bonchev–Trinajstić information content (AvgIpc) is 2.66. The van der Waals surface area contributed by atoms with Gasteiger partial charge in [-0.2, -0.15) is 0 Å². The van der Waals surface area contributed by atoms with Crippen LogP contribution in [0.15, 0.2) is 60.7 Å². The summed E-state index contributed by atoms with van der Waals surface area (Å²) in [5.74, 6) is -0.417. The molecule has 2 aromatic rings. The van der Waals surface area contributed by atoms with Gasteiger partial charge in [-0.05, 0) is 31.1 Å². The van der Waals surface area contributed by atoms with Gasteiger partial charge in [-0.3, -0.25) is 9.59 Å². The van der Waals surface area contributed by atoms with Crippen LogP contribution in [0.25, 0.3) is 6.08 Å². The van der Waals surface area contributed by atoms with E-state index in [1.54, 1.807) is 24.0 Å². The summed E-state index contributed by atoms with van der Waals surface area (Å²) in [5.41, 5.74) is 3.16. The van der Waals surface area contributed by atoms with E-state index < -0.39 is 0 Å². The maximum Gasteiger partial charge on any atom is 0.307 e. The molecular formula is C22H25NO3. The van der Waals surface area contributed by atoms with Crippen LogP contribution in [0.4, 0.5) is 0 Å². The van der Waals surface area contributed by atoms with E-state index in [0.717, 1.165) is 11.1 Å². The number of amides is 1. The molecule has 4 heteroatoms. The molecule has 136 valence electrons. The van der Waals surface area contributed by atoms with Gasteiger partial charge in [0, 0.05) is 19.2 Å². The van der Waals surface area contributed by atoms with Crippen molar-refractivity contribution in [2.24, 2.45) is 0 Å². The number of aryl methyl sites for hydroxylation is 1. The number of ether oxygens (including phenoxy) is 1. The monoisotopic (exact) mass is 351 g/mol. The van der Waals surface area contributed by atoms with E-state index in [1.165, 1.54) is 5.56 Å². The van der Waals surface area contributed by atoms with Gasteiger partial charge < -0.3 is 9.64 Å². The van der Waals surface area contributed by atoms with Crippen molar-refractivity contribution in [2.45, 2.75) is 26.8 Å². The van der Waals surface area contributed by atoms with Crippen molar-refractivity contribution in [3.8, 4) is 0 Å². The molecule has 1 amide bonds. The summed E-state index contributed by atoms with van der Waals surface area (Å²) >= 11 is 0. The third-order valence-electron chi connectivity index (χ3n) is 3.91. The summed E-state index contributed by atoms with van der Waals surface area (Å²) in [6, 6.07) is 17.7. The Labute approximate surface area is 155 Å². The zero-order valence-electron chi connectivity index (χ0n) is 15.4. The van der Waals surface area contributed by atoms with Crippen molar-refractivity contribution in [2.75, 3.05) is 13.2 Å². The van der Waals surface area contributed by atoms with Gasteiger partial charge in [-0.25, -0.2) is 0 Å². The fraction of sp³-hybridized carbons (Fsp3) is 0.273. The minimum atomic E-state index is -0.291. The summed E-state index contributed by atoms with van der Waals surface area (Å²) in [4.78, 5) is 26.0. The van der Waals surface area contributed by atoms with Crippen LogP contribution in [-0.4, -0.2) is 29.9 Å². The third-order valence-corrected chi connectivity index (χ3v) is 3.91. The summed E-state index contributed by atoms with van der Waals surface area (Å²) < 4.78 is 4.97. The molecule has 2 rings (SSSR count). The van der Waals surface area contributed by atoms with Crippen LogP contribution in [-0.2, 0) is 20.9 Å². The maximum atomic E-state index is 12.6. The van der Waals surface area contributed by atoms with Crippen LogP contribution in [0.2, 0.25) is 0 Å². The van der Waals surface area contributed by atoms with Gasteiger partial charge in [0.1, 0.15) is 0 Å². The number of esters is 1. The van der Waals surface area contributed by atoms with E-state index in [2.05, 4.69) is 0 Å². The molecule has 0 unspecified atom stereocenters. The second-order valence-electron chi connectivity index (χ2n) is 6.04. The highest BCUT2D eigenvalue weighted by atomic mass is 16.5. The van der Waals surface area contributed by atoms with Crippen LogP contribution >= 0.6 is 0 Å². The molecule has 0 aromatic heterocycles. The van der Waals surface area contributed by atoms with Crippen LogP contribution in [0.5, 0.6) is 0 Å². The van der Waals surface area contributed by atoms with Gasteiger partial charge in [-0.15, -0.1) is 0 Å². The quantitative estimate of drug-likeness (QED) is 0.534. The molecule has 0 heterocycles. The van der Waals surface area contributed by atoms with Gasteiger partial charge in [0.2, 0.25) is 5.91 Å². The SMILES string of the molecule is CCOC(=O)CCN(Cc1ccc(C)cc1)C(=O)/C=C/c1ccccc1. The zero-order valence-corrected chi connectivity index (χ0v) is 15.4. The molecule has 0 fully saturated rings. The van der Waals surface area contributed by atoms with E-state index in [0.29, 0.717) is 19.7 Å². The summed E-state index contributed by atoms with van der Waals surface area (Å²) in [6.45, 7) is 4.92. The molecule has 0 N–H and O–H groups in total. The topological polar surface area (TPSA) is 46.6 Å². The molecule has 0 spiro atoms. The van der Waals surface area contributed by atoms with Gasteiger partial charge in [-0.1, -0.05) is 60.2 Å². The van der Waals surface area contributed by atoms with Crippen molar-refractivity contribution in [3.63, 3.8) is 0 Å². The lowest BCUT2D eigenvalue weighted by Gasteiger charge is -2.21. The number of nitrogens with zero attached hydrogens (tertiary/aromatic N) is 1. The highest BCUT2D eigenvalue weighted by molar-refractivity contribution is 5.92. The first kappa shape index (κ1) is 19.4. The summed E-state index contributed by atoms with van der Waals surface area (Å²) in [6.07, 6.45) is 3.52. The molecule has 26 heavy (non-hydrogen) atoms. The van der Waals surface area contributed by atoms with E-state index in [9.17, 15) is 9.59 Å². The Bertz CT molecular complexity index is 736. The molecule has 0 aliphatic heterocycles. The predicted molar refractivity (Wildman–Crippen MR) is 103 cm³/mol. The minimum absolute atomic E-state index is 0.126. The number of benzene rings is 2. The van der Waals surface area contributed by atoms with Crippen molar-refractivity contribution < 1.29 is 14.3 Å². The van der Waals surface area contributed by atoms with Crippen LogP contribution < -0.4 is 0 Å². The van der Waals surface area contributed by atoms with Gasteiger partial charge >= 0.3 is 5.97 Å². The number of hydrogen-bond acceptors (Lipinski definition) is 3. The number of rotatable bonds is 8. The number of carbonyl (C=O) groups is 2.